The predicted molar refractivity (Wildman–Crippen MR) is 45.6 cm³/mol. The number of nitrogens with one attached hydrogen (secondary N) is 2. The van der Waals surface area contributed by atoms with Crippen LogP contribution in [0.1, 0.15) is 0 Å². The van der Waals surface area contributed by atoms with Gasteiger partial charge in [0.15, 0.2) is 0 Å². The molecule has 6 heteroatoms. The normalized spacial score (nSPS) is 34.1. The third-order valence-electron chi connectivity index (χ3n) is 1.51. The number of hydrazine groups is 1. The molecular formula is C5H14N4OS. The van der Waals surface area contributed by atoms with Crippen LogP contribution in [0.2, 0.25) is 0 Å². The second kappa shape index (κ2) is 4.24. The van der Waals surface area contributed by atoms with Crippen LogP contribution in [0.15, 0.2) is 0 Å². The summed E-state index contributed by atoms with van der Waals surface area (Å²) in [6.45, 7) is 0.552. The van der Waals surface area contributed by atoms with Crippen LogP contribution >= 0.6 is 11.8 Å². The Morgan fingerprint density at radius 1 is 1.55 bits per heavy atom. The highest BCUT2D eigenvalue weighted by molar-refractivity contribution is 8.00. The van der Waals surface area contributed by atoms with Crippen molar-refractivity contribution in [3.63, 3.8) is 0 Å². The van der Waals surface area contributed by atoms with E-state index in [9.17, 15) is 0 Å². The van der Waals surface area contributed by atoms with Crippen molar-refractivity contribution in [2.75, 3.05) is 13.2 Å². The maximum absolute atomic E-state index is 8.72. The minimum Gasteiger partial charge on any atom is -0.395 e. The molecule has 11 heavy (non-hydrogen) atoms. The number of rotatable bonds is 3. The molecular weight excluding hydrogens is 164 g/mol. The van der Waals surface area contributed by atoms with Crippen LogP contribution in [-0.4, -0.2) is 35.0 Å². The van der Waals surface area contributed by atoms with Gasteiger partial charge < -0.3 is 16.6 Å². The summed E-state index contributed by atoms with van der Waals surface area (Å²) in [5, 5.41) is 8.99. The van der Waals surface area contributed by atoms with Crippen molar-refractivity contribution in [3.8, 4) is 0 Å². The molecule has 0 radical (unpaired) electrons. The van der Waals surface area contributed by atoms with Crippen molar-refractivity contribution >= 4 is 11.8 Å². The molecule has 1 fully saturated rings. The molecule has 0 aromatic rings. The average molecular weight is 178 g/mol. The van der Waals surface area contributed by atoms with Gasteiger partial charge in [-0.25, -0.2) is 10.9 Å². The fourth-order valence-electron chi connectivity index (χ4n) is 0.838. The Morgan fingerprint density at radius 2 is 2.27 bits per heavy atom. The lowest BCUT2D eigenvalue weighted by atomic mass is 10.3. The van der Waals surface area contributed by atoms with E-state index in [1.165, 1.54) is 0 Å². The van der Waals surface area contributed by atoms with E-state index in [4.69, 9.17) is 16.6 Å². The standard InChI is InChI=1S/C5H14N4OS/c6-1-4-8-9-5(11-4)3(7)2-10/h3-5,8-10H,1-2,6-7H2. The van der Waals surface area contributed by atoms with Crippen LogP contribution < -0.4 is 22.3 Å². The van der Waals surface area contributed by atoms with Gasteiger partial charge in [0.25, 0.3) is 0 Å². The van der Waals surface area contributed by atoms with Gasteiger partial charge in [-0.2, -0.15) is 0 Å². The zero-order valence-corrected chi connectivity index (χ0v) is 6.97. The van der Waals surface area contributed by atoms with Gasteiger partial charge in [-0.3, -0.25) is 0 Å². The molecule has 1 heterocycles. The van der Waals surface area contributed by atoms with Crippen molar-refractivity contribution in [1.82, 2.24) is 10.9 Å². The molecule has 0 saturated carbocycles. The Labute approximate surface area is 69.9 Å². The van der Waals surface area contributed by atoms with Crippen LogP contribution in [0.5, 0.6) is 0 Å². The molecule has 1 aliphatic rings. The van der Waals surface area contributed by atoms with E-state index in [2.05, 4.69) is 10.9 Å². The molecule has 3 unspecified atom stereocenters. The molecule has 0 bridgehead atoms. The number of aliphatic hydroxyl groups is 1. The molecule has 1 rings (SSSR count). The van der Waals surface area contributed by atoms with Gasteiger partial charge in [0, 0.05) is 6.54 Å². The smallest absolute Gasteiger partial charge is 0.0855 e. The molecule has 3 atom stereocenters. The van der Waals surface area contributed by atoms with E-state index in [-0.39, 0.29) is 23.4 Å². The molecule has 0 spiro atoms. The first kappa shape index (κ1) is 9.24. The molecule has 0 aromatic heterocycles. The maximum atomic E-state index is 8.72. The summed E-state index contributed by atoms with van der Waals surface area (Å²) in [6.07, 6.45) is 0. The second-order valence-corrected chi connectivity index (χ2v) is 3.77. The summed E-state index contributed by atoms with van der Waals surface area (Å²) in [6, 6.07) is -0.232. The maximum Gasteiger partial charge on any atom is 0.0855 e. The summed E-state index contributed by atoms with van der Waals surface area (Å²) in [4.78, 5) is 0. The topological polar surface area (TPSA) is 96.3 Å². The molecule has 1 aliphatic heterocycles. The third kappa shape index (κ3) is 2.29. The first-order valence-corrected chi connectivity index (χ1v) is 4.45. The lowest BCUT2D eigenvalue weighted by Gasteiger charge is -2.14. The van der Waals surface area contributed by atoms with Crippen molar-refractivity contribution in [3.05, 3.63) is 0 Å². The zero-order valence-electron chi connectivity index (χ0n) is 6.16. The summed E-state index contributed by atoms with van der Waals surface area (Å²) in [5.41, 5.74) is 16.9. The Bertz CT molecular complexity index is 125. The SMILES string of the molecule is NCC1NNC(C(N)CO)S1. The van der Waals surface area contributed by atoms with Gasteiger partial charge in [0.1, 0.15) is 0 Å². The molecule has 7 N–H and O–H groups in total. The zero-order chi connectivity index (χ0) is 8.27. The number of hydrogen-bond acceptors (Lipinski definition) is 6. The molecule has 0 aromatic carbocycles. The van der Waals surface area contributed by atoms with Crippen LogP contribution in [0.4, 0.5) is 0 Å². The van der Waals surface area contributed by atoms with Crippen LogP contribution in [0, 0.1) is 0 Å². The van der Waals surface area contributed by atoms with Gasteiger partial charge in [-0.05, 0) is 0 Å². The number of hydrogen-bond donors (Lipinski definition) is 5. The quantitative estimate of drug-likeness (QED) is 0.335. The molecule has 5 nitrogen and oxygen atoms in total. The predicted octanol–water partition coefficient (Wildman–Crippen LogP) is -2.24. The Balaban J connectivity index is 2.29. The monoisotopic (exact) mass is 178 g/mol. The van der Waals surface area contributed by atoms with E-state index >= 15 is 0 Å². The van der Waals surface area contributed by atoms with Crippen molar-refractivity contribution in [2.24, 2.45) is 11.5 Å². The fraction of sp³-hybridized carbons (Fsp3) is 1.00. The summed E-state index contributed by atoms with van der Waals surface area (Å²) < 4.78 is 0. The van der Waals surface area contributed by atoms with Gasteiger partial charge >= 0.3 is 0 Å². The number of thioether (sulfide) groups is 1. The minimum atomic E-state index is -0.232. The Morgan fingerprint density at radius 3 is 2.73 bits per heavy atom. The molecule has 1 saturated heterocycles. The average Bonchev–Trinajstić information content (AvgIpc) is 2.50. The largest absolute Gasteiger partial charge is 0.395 e. The van der Waals surface area contributed by atoms with Crippen LogP contribution in [0.3, 0.4) is 0 Å². The first-order valence-electron chi connectivity index (χ1n) is 3.51. The van der Waals surface area contributed by atoms with Gasteiger partial charge in [0.05, 0.1) is 23.4 Å². The van der Waals surface area contributed by atoms with Gasteiger partial charge in [-0.15, -0.1) is 11.8 Å². The lowest BCUT2D eigenvalue weighted by Crippen LogP contribution is -2.45. The highest BCUT2D eigenvalue weighted by atomic mass is 32.2. The Hall–Kier alpha value is 0.150. The second-order valence-electron chi connectivity index (χ2n) is 2.42. The first-order chi connectivity index (χ1) is 5.27. The van der Waals surface area contributed by atoms with Crippen LogP contribution in [0.25, 0.3) is 0 Å². The van der Waals surface area contributed by atoms with Crippen molar-refractivity contribution < 1.29 is 5.11 Å². The highest BCUT2D eigenvalue weighted by Gasteiger charge is 2.27. The lowest BCUT2D eigenvalue weighted by molar-refractivity contribution is 0.255. The molecule has 0 amide bonds. The van der Waals surface area contributed by atoms with E-state index in [1.54, 1.807) is 11.8 Å². The molecule has 0 aliphatic carbocycles. The number of nitrogens with two attached hydrogens (primary N) is 2. The van der Waals surface area contributed by atoms with E-state index in [0.717, 1.165) is 0 Å². The van der Waals surface area contributed by atoms with Crippen molar-refractivity contribution in [2.45, 2.75) is 16.8 Å². The molecule has 66 valence electrons. The Kier molecular flexibility index (Phi) is 3.57. The van der Waals surface area contributed by atoms with E-state index < -0.39 is 0 Å². The van der Waals surface area contributed by atoms with Gasteiger partial charge in [0.2, 0.25) is 0 Å². The number of aliphatic hydroxyl groups excluding tert-OH is 1. The summed E-state index contributed by atoms with van der Waals surface area (Å²) in [5.74, 6) is 0. The third-order valence-corrected chi connectivity index (χ3v) is 2.91. The van der Waals surface area contributed by atoms with Crippen molar-refractivity contribution in [1.29, 1.82) is 0 Å². The van der Waals surface area contributed by atoms with Gasteiger partial charge in [-0.1, -0.05) is 0 Å². The summed E-state index contributed by atoms with van der Waals surface area (Å²) >= 11 is 1.61. The van der Waals surface area contributed by atoms with E-state index in [1.807, 2.05) is 0 Å². The van der Waals surface area contributed by atoms with Crippen LogP contribution in [-0.2, 0) is 0 Å². The fourth-order valence-corrected chi connectivity index (χ4v) is 1.86. The highest BCUT2D eigenvalue weighted by Crippen LogP contribution is 2.19. The summed E-state index contributed by atoms with van der Waals surface area (Å²) in [7, 11) is 0. The minimum absolute atomic E-state index is 0.0103. The van der Waals surface area contributed by atoms with E-state index in [0.29, 0.717) is 6.54 Å².